The maximum Gasteiger partial charge on any atom is 0.0779 e. The summed E-state index contributed by atoms with van der Waals surface area (Å²) >= 11 is 3.67. The highest BCUT2D eigenvalue weighted by Crippen LogP contribution is 2.35. The fraction of sp³-hybridized carbons (Fsp3) is 1.00. The molecule has 88 valence electrons. The van der Waals surface area contributed by atoms with Crippen LogP contribution in [-0.2, 0) is 4.74 Å². The standard InChI is InChI=1S/C13H23BrO/c14-11-13(8-3-1-2-4-9-13)15-10-12-6-5-7-12/h12H,1-11H2. The molecule has 0 unspecified atom stereocenters. The summed E-state index contributed by atoms with van der Waals surface area (Å²) in [5.41, 5.74) is 0.187. The van der Waals surface area contributed by atoms with Crippen LogP contribution >= 0.6 is 15.9 Å². The van der Waals surface area contributed by atoms with Crippen LogP contribution in [-0.4, -0.2) is 17.5 Å². The van der Waals surface area contributed by atoms with Crippen LogP contribution in [0.1, 0.15) is 57.8 Å². The van der Waals surface area contributed by atoms with Gasteiger partial charge in [-0.3, -0.25) is 0 Å². The molecule has 0 amide bonds. The molecule has 1 nitrogen and oxygen atoms in total. The summed E-state index contributed by atoms with van der Waals surface area (Å²) in [5.74, 6) is 0.879. The molecule has 0 bridgehead atoms. The topological polar surface area (TPSA) is 9.23 Å². The van der Waals surface area contributed by atoms with Gasteiger partial charge in [0.05, 0.1) is 12.2 Å². The van der Waals surface area contributed by atoms with E-state index in [9.17, 15) is 0 Å². The molecular formula is C13H23BrO. The van der Waals surface area contributed by atoms with Gasteiger partial charge in [0.25, 0.3) is 0 Å². The lowest BCUT2D eigenvalue weighted by Gasteiger charge is -2.35. The Morgan fingerprint density at radius 2 is 1.67 bits per heavy atom. The van der Waals surface area contributed by atoms with Gasteiger partial charge < -0.3 is 4.74 Å². The van der Waals surface area contributed by atoms with Gasteiger partial charge in [-0.15, -0.1) is 0 Å². The van der Waals surface area contributed by atoms with Crippen LogP contribution in [0.4, 0.5) is 0 Å². The molecule has 0 atom stereocenters. The molecule has 2 rings (SSSR count). The van der Waals surface area contributed by atoms with E-state index in [1.807, 2.05) is 0 Å². The Kier molecular flexibility index (Phi) is 4.51. The summed E-state index contributed by atoms with van der Waals surface area (Å²) in [6.45, 7) is 1.02. The summed E-state index contributed by atoms with van der Waals surface area (Å²) in [6, 6.07) is 0. The SMILES string of the molecule is BrCC1(OCC2CCC2)CCCCCC1. The number of rotatable bonds is 4. The van der Waals surface area contributed by atoms with Crippen molar-refractivity contribution in [1.82, 2.24) is 0 Å². The second-order valence-electron chi connectivity index (χ2n) is 5.34. The molecule has 0 spiro atoms. The predicted molar refractivity (Wildman–Crippen MR) is 67.5 cm³/mol. The average Bonchev–Trinajstić information content (AvgIpc) is 2.42. The van der Waals surface area contributed by atoms with Gasteiger partial charge in [-0.2, -0.15) is 0 Å². The van der Waals surface area contributed by atoms with Crippen molar-refractivity contribution in [2.45, 2.75) is 63.4 Å². The molecule has 0 radical (unpaired) electrons. The van der Waals surface area contributed by atoms with Gasteiger partial charge in [-0.25, -0.2) is 0 Å². The van der Waals surface area contributed by atoms with E-state index in [-0.39, 0.29) is 5.60 Å². The highest BCUT2D eigenvalue weighted by molar-refractivity contribution is 9.09. The lowest BCUT2D eigenvalue weighted by Crippen LogP contribution is -2.36. The first kappa shape index (κ1) is 11.9. The molecule has 2 fully saturated rings. The van der Waals surface area contributed by atoms with E-state index in [1.54, 1.807) is 0 Å². The van der Waals surface area contributed by atoms with Crippen LogP contribution in [0, 0.1) is 5.92 Å². The molecule has 2 heteroatoms. The number of halogens is 1. The third kappa shape index (κ3) is 3.20. The van der Waals surface area contributed by atoms with Crippen molar-refractivity contribution in [2.75, 3.05) is 11.9 Å². The smallest absolute Gasteiger partial charge is 0.0779 e. The molecule has 0 saturated heterocycles. The fourth-order valence-corrected chi connectivity index (χ4v) is 3.37. The Bertz CT molecular complexity index is 181. The van der Waals surface area contributed by atoms with Gasteiger partial charge in [0.15, 0.2) is 0 Å². The molecule has 15 heavy (non-hydrogen) atoms. The summed E-state index contributed by atoms with van der Waals surface area (Å²) in [7, 11) is 0. The molecule has 2 saturated carbocycles. The molecule has 0 N–H and O–H groups in total. The Morgan fingerprint density at radius 3 is 2.13 bits per heavy atom. The minimum Gasteiger partial charge on any atom is -0.374 e. The van der Waals surface area contributed by atoms with Crippen molar-refractivity contribution in [1.29, 1.82) is 0 Å². The summed E-state index contributed by atoms with van der Waals surface area (Å²) in [5, 5.41) is 1.03. The van der Waals surface area contributed by atoms with E-state index in [4.69, 9.17) is 4.74 Å². The summed E-state index contributed by atoms with van der Waals surface area (Å²) in [6.07, 6.45) is 12.3. The minimum absolute atomic E-state index is 0.187. The number of hydrogen-bond donors (Lipinski definition) is 0. The van der Waals surface area contributed by atoms with E-state index in [2.05, 4.69) is 15.9 Å². The second kappa shape index (κ2) is 5.67. The van der Waals surface area contributed by atoms with Gasteiger partial charge in [-0.05, 0) is 31.6 Å². The van der Waals surface area contributed by atoms with Gasteiger partial charge in [0, 0.05) is 5.33 Å². The van der Waals surface area contributed by atoms with E-state index in [0.717, 1.165) is 17.9 Å². The maximum absolute atomic E-state index is 6.26. The molecule has 0 aromatic heterocycles. The van der Waals surface area contributed by atoms with Crippen molar-refractivity contribution in [3.8, 4) is 0 Å². The van der Waals surface area contributed by atoms with Crippen molar-refractivity contribution < 1.29 is 4.74 Å². The number of hydrogen-bond acceptors (Lipinski definition) is 1. The van der Waals surface area contributed by atoms with E-state index in [0.29, 0.717) is 0 Å². The lowest BCUT2D eigenvalue weighted by atomic mass is 9.86. The quantitative estimate of drug-likeness (QED) is 0.549. The zero-order valence-corrected chi connectivity index (χ0v) is 11.2. The van der Waals surface area contributed by atoms with Gasteiger partial charge in [-0.1, -0.05) is 48.0 Å². The highest BCUT2D eigenvalue weighted by Gasteiger charge is 2.32. The summed E-state index contributed by atoms with van der Waals surface area (Å²) in [4.78, 5) is 0. The zero-order valence-electron chi connectivity index (χ0n) is 9.64. The van der Waals surface area contributed by atoms with E-state index in [1.165, 1.54) is 57.8 Å². The Hall–Kier alpha value is 0.440. The maximum atomic E-state index is 6.26. The van der Waals surface area contributed by atoms with Crippen LogP contribution < -0.4 is 0 Å². The number of ether oxygens (including phenoxy) is 1. The minimum atomic E-state index is 0.187. The number of alkyl halides is 1. The molecular weight excluding hydrogens is 252 g/mol. The van der Waals surface area contributed by atoms with Crippen LogP contribution in [0.3, 0.4) is 0 Å². The normalized spacial score (nSPS) is 27.0. The lowest BCUT2D eigenvalue weighted by molar-refractivity contribution is -0.0637. The Morgan fingerprint density at radius 1 is 1.00 bits per heavy atom. The van der Waals surface area contributed by atoms with Crippen LogP contribution in [0.25, 0.3) is 0 Å². The Labute approximate surface area is 102 Å². The van der Waals surface area contributed by atoms with Crippen molar-refractivity contribution >= 4 is 15.9 Å². The first-order valence-electron chi connectivity index (χ1n) is 6.55. The molecule has 0 aromatic carbocycles. The molecule has 0 heterocycles. The molecule has 2 aliphatic carbocycles. The van der Waals surface area contributed by atoms with Crippen molar-refractivity contribution in [2.24, 2.45) is 5.92 Å². The molecule has 0 aliphatic heterocycles. The largest absolute Gasteiger partial charge is 0.374 e. The van der Waals surface area contributed by atoms with Crippen LogP contribution in [0.2, 0.25) is 0 Å². The molecule has 2 aliphatic rings. The van der Waals surface area contributed by atoms with Crippen molar-refractivity contribution in [3.05, 3.63) is 0 Å². The first-order valence-corrected chi connectivity index (χ1v) is 7.67. The third-order valence-corrected chi connectivity index (χ3v) is 5.13. The third-order valence-electron chi connectivity index (χ3n) is 4.11. The zero-order chi connectivity index (χ0) is 10.6. The van der Waals surface area contributed by atoms with Crippen LogP contribution in [0.5, 0.6) is 0 Å². The predicted octanol–water partition coefficient (Wildman–Crippen LogP) is 4.29. The monoisotopic (exact) mass is 274 g/mol. The van der Waals surface area contributed by atoms with Crippen molar-refractivity contribution in [3.63, 3.8) is 0 Å². The van der Waals surface area contributed by atoms with Crippen LogP contribution in [0.15, 0.2) is 0 Å². The average molecular weight is 275 g/mol. The van der Waals surface area contributed by atoms with Gasteiger partial charge in [0.1, 0.15) is 0 Å². The second-order valence-corrected chi connectivity index (χ2v) is 5.90. The van der Waals surface area contributed by atoms with E-state index < -0.39 is 0 Å². The fourth-order valence-electron chi connectivity index (χ4n) is 2.64. The van der Waals surface area contributed by atoms with Gasteiger partial charge >= 0.3 is 0 Å². The van der Waals surface area contributed by atoms with E-state index >= 15 is 0 Å². The molecule has 0 aromatic rings. The van der Waals surface area contributed by atoms with Gasteiger partial charge in [0.2, 0.25) is 0 Å². The first-order chi connectivity index (χ1) is 7.35. The Balaban J connectivity index is 1.81. The summed E-state index contributed by atoms with van der Waals surface area (Å²) < 4.78 is 6.26. The highest BCUT2D eigenvalue weighted by atomic mass is 79.9.